The monoisotopic (exact) mass is 264 g/mol. The normalized spacial score (nSPS) is 11.5. The van der Waals surface area contributed by atoms with Crippen LogP contribution in [0.4, 0.5) is 0 Å². The van der Waals surface area contributed by atoms with Gasteiger partial charge in [-0.25, -0.2) is 10.2 Å². The number of esters is 1. The van der Waals surface area contributed by atoms with E-state index in [4.69, 9.17) is 0 Å². The Bertz CT molecular complexity index is 499. The minimum Gasteiger partial charge on any atom is -0.467 e. The van der Waals surface area contributed by atoms with Gasteiger partial charge in [-0.3, -0.25) is 15.0 Å². The molecule has 1 atom stereocenters. The van der Waals surface area contributed by atoms with Crippen LogP contribution in [0.2, 0.25) is 0 Å². The number of nitrogens with one attached hydrogen (secondary N) is 2. The van der Waals surface area contributed by atoms with E-state index in [1.165, 1.54) is 14.0 Å². The van der Waals surface area contributed by atoms with E-state index in [1.807, 2.05) is 6.07 Å². The molecule has 1 rings (SSSR count). The van der Waals surface area contributed by atoms with Crippen LogP contribution in [0.5, 0.6) is 0 Å². The molecule has 1 amide bonds. The van der Waals surface area contributed by atoms with Crippen LogP contribution in [0, 0.1) is 6.92 Å². The molecule has 0 radical (unpaired) electrons. The third-order valence-electron chi connectivity index (χ3n) is 2.56. The van der Waals surface area contributed by atoms with Crippen LogP contribution in [0.15, 0.2) is 24.3 Å². The Morgan fingerprint density at radius 1 is 1.21 bits per heavy atom. The van der Waals surface area contributed by atoms with Gasteiger partial charge in [0.25, 0.3) is 5.91 Å². The summed E-state index contributed by atoms with van der Waals surface area (Å²) in [5.74, 6) is -1.62. The summed E-state index contributed by atoms with van der Waals surface area (Å²) in [6, 6.07) is 5.76. The van der Waals surface area contributed by atoms with Gasteiger partial charge >= 0.3 is 5.97 Å². The van der Waals surface area contributed by atoms with Crippen molar-refractivity contribution >= 4 is 17.7 Å². The summed E-state index contributed by atoms with van der Waals surface area (Å²) in [7, 11) is 1.17. The number of rotatable bonds is 5. The van der Waals surface area contributed by atoms with Gasteiger partial charge in [0.2, 0.25) is 0 Å². The van der Waals surface area contributed by atoms with Crippen molar-refractivity contribution in [2.45, 2.75) is 19.9 Å². The van der Waals surface area contributed by atoms with Gasteiger partial charge in [-0.2, -0.15) is 0 Å². The summed E-state index contributed by atoms with van der Waals surface area (Å²) in [4.78, 5) is 34.4. The van der Waals surface area contributed by atoms with E-state index in [2.05, 4.69) is 15.6 Å². The highest BCUT2D eigenvalue weighted by Crippen LogP contribution is 2.05. The summed E-state index contributed by atoms with van der Waals surface area (Å²) < 4.78 is 4.46. The number of carbonyl (C=O) groups excluding carboxylic acids is 3. The first-order chi connectivity index (χ1) is 8.97. The van der Waals surface area contributed by atoms with Crippen molar-refractivity contribution in [1.82, 2.24) is 10.9 Å². The first-order valence-corrected chi connectivity index (χ1v) is 5.67. The van der Waals surface area contributed by atoms with Crippen molar-refractivity contribution in [1.29, 1.82) is 0 Å². The van der Waals surface area contributed by atoms with Crippen LogP contribution in [0.1, 0.15) is 22.8 Å². The number of methoxy groups -OCH3 is 1. The minimum absolute atomic E-state index is 0.423. The summed E-state index contributed by atoms with van der Waals surface area (Å²) in [5, 5.41) is 0. The Balaban J connectivity index is 2.70. The van der Waals surface area contributed by atoms with Crippen molar-refractivity contribution < 1.29 is 19.1 Å². The van der Waals surface area contributed by atoms with E-state index in [1.54, 1.807) is 25.1 Å². The Kier molecular flexibility index (Phi) is 5.20. The molecule has 0 aliphatic rings. The summed E-state index contributed by atoms with van der Waals surface area (Å²) >= 11 is 0. The lowest BCUT2D eigenvalue weighted by Gasteiger charge is -2.14. The molecular formula is C13H16N2O4. The van der Waals surface area contributed by atoms with Gasteiger partial charge in [0.1, 0.15) is 0 Å². The SMILES string of the molecule is COC(=O)C(NNC(=O)c1ccccc1C)C(C)=O. The average molecular weight is 264 g/mol. The summed E-state index contributed by atoms with van der Waals surface area (Å²) in [6.45, 7) is 3.02. The molecule has 0 saturated heterocycles. The van der Waals surface area contributed by atoms with Gasteiger partial charge in [-0.15, -0.1) is 0 Å². The highest BCUT2D eigenvalue weighted by atomic mass is 16.5. The third kappa shape index (κ3) is 3.89. The molecule has 19 heavy (non-hydrogen) atoms. The molecule has 0 aliphatic carbocycles. The van der Waals surface area contributed by atoms with E-state index >= 15 is 0 Å². The largest absolute Gasteiger partial charge is 0.467 e. The molecule has 0 aromatic heterocycles. The van der Waals surface area contributed by atoms with Gasteiger partial charge in [0, 0.05) is 5.56 Å². The van der Waals surface area contributed by atoms with E-state index in [0.29, 0.717) is 5.56 Å². The second kappa shape index (κ2) is 6.65. The molecule has 2 N–H and O–H groups in total. The number of hydrogen-bond acceptors (Lipinski definition) is 5. The molecular weight excluding hydrogens is 248 g/mol. The standard InChI is InChI=1S/C13H16N2O4/c1-8-6-4-5-7-10(8)12(17)15-14-11(9(2)16)13(18)19-3/h4-7,11,14H,1-3H3,(H,15,17). The molecule has 0 saturated carbocycles. The minimum atomic E-state index is -1.21. The molecule has 0 spiro atoms. The molecule has 0 aliphatic heterocycles. The Labute approximate surface area is 111 Å². The average Bonchev–Trinajstić information content (AvgIpc) is 2.38. The smallest absolute Gasteiger partial charge is 0.332 e. The van der Waals surface area contributed by atoms with Crippen molar-refractivity contribution in [2.75, 3.05) is 7.11 Å². The lowest BCUT2D eigenvalue weighted by Crippen LogP contribution is -2.52. The van der Waals surface area contributed by atoms with Gasteiger partial charge in [-0.05, 0) is 25.5 Å². The van der Waals surface area contributed by atoms with Crippen molar-refractivity contribution in [3.05, 3.63) is 35.4 Å². The maximum Gasteiger partial charge on any atom is 0.332 e. The predicted octanol–water partition coefficient (Wildman–Crippen LogP) is 0.360. The Hall–Kier alpha value is -2.21. The summed E-state index contributed by atoms with van der Waals surface area (Å²) in [5.41, 5.74) is 5.95. The first kappa shape index (κ1) is 14.8. The van der Waals surface area contributed by atoms with Gasteiger partial charge < -0.3 is 4.74 Å². The van der Waals surface area contributed by atoms with Gasteiger partial charge in [0.15, 0.2) is 11.8 Å². The van der Waals surface area contributed by atoms with E-state index in [-0.39, 0.29) is 0 Å². The van der Waals surface area contributed by atoms with Gasteiger partial charge in [-0.1, -0.05) is 18.2 Å². The molecule has 6 nitrogen and oxygen atoms in total. The zero-order chi connectivity index (χ0) is 14.4. The van der Waals surface area contributed by atoms with Crippen LogP contribution in [-0.4, -0.2) is 30.8 Å². The number of hydrogen-bond donors (Lipinski definition) is 2. The van der Waals surface area contributed by atoms with Crippen LogP contribution in [-0.2, 0) is 14.3 Å². The number of ketones is 1. The molecule has 0 bridgehead atoms. The lowest BCUT2D eigenvalue weighted by atomic mass is 10.1. The van der Waals surface area contributed by atoms with Crippen molar-refractivity contribution in [3.8, 4) is 0 Å². The Morgan fingerprint density at radius 3 is 2.37 bits per heavy atom. The van der Waals surface area contributed by atoms with E-state index < -0.39 is 23.7 Å². The number of carbonyl (C=O) groups is 3. The fourth-order valence-corrected chi connectivity index (χ4v) is 1.48. The highest BCUT2D eigenvalue weighted by Gasteiger charge is 2.24. The lowest BCUT2D eigenvalue weighted by molar-refractivity contribution is -0.146. The molecule has 1 aromatic rings. The molecule has 0 fully saturated rings. The second-order valence-corrected chi connectivity index (χ2v) is 3.98. The number of Topliss-reactive ketones (excluding diaryl/α,β-unsaturated/α-hetero) is 1. The quantitative estimate of drug-likeness (QED) is 0.456. The summed E-state index contributed by atoms with van der Waals surface area (Å²) in [6.07, 6.45) is 0. The third-order valence-corrected chi connectivity index (χ3v) is 2.56. The fraction of sp³-hybridized carbons (Fsp3) is 0.308. The molecule has 6 heteroatoms. The first-order valence-electron chi connectivity index (χ1n) is 5.67. The highest BCUT2D eigenvalue weighted by molar-refractivity contribution is 6.02. The van der Waals surface area contributed by atoms with Crippen LogP contribution < -0.4 is 10.9 Å². The molecule has 0 heterocycles. The maximum absolute atomic E-state index is 11.9. The van der Waals surface area contributed by atoms with E-state index in [0.717, 1.165) is 5.56 Å². The molecule has 1 unspecified atom stereocenters. The topological polar surface area (TPSA) is 84.5 Å². The number of ether oxygens (including phenoxy) is 1. The van der Waals surface area contributed by atoms with Crippen molar-refractivity contribution in [2.24, 2.45) is 0 Å². The predicted molar refractivity (Wildman–Crippen MR) is 68.3 cm³/mol. The van der Waals surface area contributed by atoms with Gasteiger partial charge in [0.05, 0.1) is 7.11 Å². The zero-order valence-electron chi connectivity index (χ0n) is 11.0. The second-order valence-electron chi connectivity index (χ2n) is 3.98. The Morgan fingerprint density at radius 2 is 1.84 bits per heavy atom. The van der Waals surface area contributed by atoms with Crippen LogP contribution in [0.3, 0.4) is 0 Å². The number of hydrazine groups is 1. The number of amides is 1. The van der Waals surface area contributed by atoms with Crippen LogP contribution in [0.25, 0.3) is 0 Å². The zero-order valence-corrected chi connectivity index (χ0v) is 11.0. The number of benzene rings is 1. The number of aryl methyl sites for hydroxylation is 1. The molecule has 1 aromatic carbocycles. The fourth-order valence-electron chi connectivity index (χ4n) is 1.48. The maximum atomic E-state index is 11.9. The van der Waals surface area contributed by atoms with Crippen molar-refractivity contribution in [3.63, 3.8) is 0 Å². The van der Waals surface area contributed by atoms with Crippen LogP contribution >= 0.6 is 0 Å². The molecule has 102 valence electrons. The van der Waals surface area contributed by atoms with E-state index in [9.17, 15) is 14.4 Å².